The Bertz CT molecular complexity index is 982. The maximum Gasteiger partial charge on any atom is 0.287 e. The predicted molar refractivity (Wildman–Crippen MR) is 102 cm³/mol. The monoisotopic (exact) mass is 385 g/mol. The molecule has 3 rings (SSSR count). The second-order valence-corrected chi connectivity index (χ2v) is 6.12. The largest absolute Gasteiger partial charge is 0.495 e. The van der Waals surface area contributed by atoms with Crippen LogP contribution in [0.3, 0.4) is 0 Å². The molecule has 0 fully saturated rings. The van der Waals surface area contributed by atoms with Gasteiger partial charge < -0.3 is 19.2 Å². The summed E-state index contributed by atoms with van der Waals surface area (Å²) in [6.07, 6.45) is 0. The number of para-hydroxylation sites is 1. The Morgan fingerprint density at radius 1 is 1.26 bits per heavy atom. The van der Waals surface area contributed by atoms with Crippen LogP contribution in [0.4, 0.5) is 5.69 Å². The number of aromatic nitrogens is 2. The number of hydrogen-bond donors (Lipinski definition) is 1. The van der Waals surface area contributed by atoms with Gasteiger partial charge in [-0.15, -0.1) is 5.10 Å². The van der Waals surface area contributed by atoms with Crippen LogP contribution in [0.1, 0.15) is 11.5 Å². The van der Waals surface area contributed by atoms with Crippen LogP contribution in [0.25, 0.3) is 0 Å². The molecule has 0 saturated carbocycles. The fourth-order valence-corrected chi connectivity index (χ4v) is 2.62. The highest BCUT2D eigenvalue weighted by atomic mass is 32.1. The number of benzene rings is 2. The molecule has 1 heterocycles. The molecule has 2 aromatic carbocycles. The highest BCUT2D eigenvalue weighted by Gasteiger charge is 2.12. The Balaban J connectivity index is 1.64. The average molecular weight is 385 g/mol. The van der Waals surface area contributed by atoms with Gasteiger partial charge in [-0.3, -0.25) is 4.79 Å². The van der Waals surface area contributed by atoms with E-state index in [0.29, 0.717) is 23.1 Å². The number of amides is 1. The van der Waals surface area contributed by atoms with E-state index in [-0.39, 0.29) is 23.9 Å². The first-order valence-corrected chi connectivity index (χ1v) is 8.65. The zero-order valence-electron chi connectivity index (χ0n) is 15.0. The molecule has 0 aliphatic rings. The summed E-state index contributed by atoms with van der Waals surface area (Å²) in [5.74, 6) is 1.27. The fraction of sp³-hybridized carbons (Fsp3) is 0.211. The van der Waals surface area contributed by atoms with E-state index in [1.807, 2.05) is 49.4 Å². The van der Waals surface area contributed by atoms with Crippen LogP contribution in [-0.2, 0) is 17.9 Å². The smallest absolute Gasteiger partial charge is 0.287 e. The van der Waals surface area contributed by atoms with Crippen molar-refractivity contribution in [3.05, 3.63) is 64.8 Å². The molecule has 1 N–H and O–H groups in total. The molecule has 27 heavy (non-hydrogen) atoms. The molecule has 0 aliphatic carbocycles. The van der Waals surface area contributed by atoms with Crippen LogP contribution in [-0.4, -0.2) is 22.8 Å². The summed E-state index contributed by atoms with van der Waals surface area (Å²) in [4.78, 5) is 12.5. The van der Waals surface area contributed by atoms with Crippen molar-refractivity contribution < 1.29 is 18.7 Å². The zero-order chi connectivity index (χ0) is 19.2. The number of nitrogens with one attached hydrogen (secondary N) is 1. The lowest BCUT2D eigenvalue weighted by molar-refractivity contribution is -0.117. The number of nitrogens with zero attached hydrogens (tertiary/aromatic N) is 2. The molecule has 1 aromatic heterocycles. The third-order valence-electron chi connectivity index (χ3n) is 3.68. The van der Waals surface area contributed by atoms with Crippen molar-refractivity contribution in [2.24, 2.45) is 0 Å². The van der Waals surface area contributed by atoms with Gasteiger partial charge in [0.2, 0.25) is 5.91 Å². The normalized spacial score (nSPS) is 10.4. The number of ether oxygens (including phenoxy) is 2. The minimum atomic E-state index is -0.293. The Hall–Kier alpha value is -3.13. The summed E-state index contributed by atoms with van der Waals surface area (Å²) in [6.45, 7) is 1.97. The van der Waals surface area contributed by atoms with Crippen LogP contribution in [0.2, 0.25) is 0 Å². The first kappa shape index (κ1) is 18.7. The summed E-state index contributed by atoms with van der Waals surface area (Å²) in [7, 11) is 1.55. The molecule has 7 nitrogen and oxygen atoms in total. The average Bonchev–Trinajstić information content (AvgIpc) is 3.00. The standard InChI is InChI=1S/C19H19N3O4S/c1-13-8-9-16(24-2)15(10-13)20-17(23)11-22-19(27)26-18(21-22)12-25-14-6-4-3-5-7-14/h3-10H,11-12H2,1-2H3,(H,20,23). The molecule has 0 bridgehead atoms. The second-order valence-electron chi connectivity index (χ2n) is 5.77. The molecule has 3 aromatic rings. The van der Waals surface area contributed by atoms with E-state index in [1.54, 1.807) is 13.2 Å². The minimum absolute atomic E-state index is 0.0786. The van der Waals surface area contributed by atoms with E-state index >= 15 is 0 Å². The molecule has 8 heteroatoms. The lowest BCUT2D eigenvalue weighted by Gasteiger charge is -2.10. The molecule has 0 atom stereocenters. The van der Waals surface area contributed by atoms with Crippen molar-refractivity contribution in [3.63, 3.8) is 0 Å². The van der Waals surface area contributed by atoms with Crippen molar-refractivity contribution in [2.75, 3.05) is 12.4 Å². The van der Waals surface area contributed by atoms with Gasteiger partial charge in [0.1, 0.15) is 18.0 Å². The first-order valence-electron chi connectivity index (χ1n) is 8.24. The van der Waals surface area contributed by atoms with Gasteiger partial charge in [0.15, 0.2) is 6.61 Å². The Kier molecular flexibility index (Phi) is 5.87. The molecule has 0 spiro atoms. The summed E-state index contributed by atoms with van der Waals surface area (Å²) >= 11 is 5.13. The van der Waals surface area contributed by atoms with Crippen LogP contribution in [0.15, 0.2) is 52.9 Å². The molecule has 0 saturated heterocycles. The summed E-state index contributed by atoms with van der Waals surface area (Å²) in [5, 5.41) is 7.00. The molecular weight excluding hydrogens is 366 g/mol. The van der Waals surface area contributed by atoms with Gasteiger partial charge in [0.25, 0.3) is 10.7 Å². The minimum Gasteiger partial charge on any atom is -0.495 e. The van der Waals surface area contributed by atoms with E-state index in [9.17, 15) is 4.79 Å². The lowest BCUT2D eigenvalue weighted by Crippen LogP contribution is -2.20. The van der Waals surface area contributed by atoms with Gasteiger partial charge in [-0.05, 0) is 49.0 Å². The number of carbonyl (C=O) groups is 1. The van der Waals surface area contributed by atoms with Crippen LogP contribution in [0.5, 0.6) is 11.5 Å². The summed E-state index contributed by atoms with van der Waals surface area (Å²) in [5.41, 5.74) is 1.59. The molecule has 0 unspecified atom stereocenters. The summed E-state index contributed by atoms with van der Waals surface area (Å²) in [6, 6.07) is 14.8. The van der Waals surface area contributed by atoms with E-state index in [4.69, 9.17) is 26.1 Å². The number of rotatable bonds is 7. The third-order valence-corrected chi connectivity index (χ3v) is 3.97. The third kappa shape index (κ3) is 4.95. The second kappa shape index (κ2) is 8.50. The number of methoxy groups -OCH3 is 1. The lowest BCUT2D eigenvalue weighted by atomic mass is 10.2. The Labute approximate surface area is 161 Å². The van der Waals surface area contributed by atoms with Crippen molar-refractivity contribution in [1.82, 2.24) is 9.78 Å². The molecule has 0 radical (unpaired) electrons. The molecule has 140 valence electrons. The van der Waals surface area contributed by atoms with E-state index < -0.39 is 0 Å². The highest BCUT2D eigenvalue weighted by Crippen LogP contribution is 2.25. The van der Waals surface area contributed by atoms with Crippen molar-refractivity contribution >= 4 is 23.8 Å². The van der Waals surface area contributed by atoms with E-state index in [1.165, 1.54) is 4.68 Å². The van der Waals surface area contributed by atoms with Crippen LogP contribution >= 0.6 is 12.2 Å². The van der Waals surface area contributed by atoms with Gasteiger partial charge in [-0.1, -0.05) is 24.3 Å². The maximum atomic E-state index is 12.4. The SMILES string of the molecule is COc1ccc(C)cc1NC(=O)Cn1nc(COc2ccccc2)oc1=S. The topological polar surface area (TPSA) is 78.5 Å². The van der Waals surface area contributed by atoms with Crippen LogP contribution < -0.4 is 14.8 Å². The maximum absolute atomic E-state index is 12.4. The van der Waals surface area contributed by atoms with Crippen molar-refractivity contribution in [1.29, 1.82) is 0 Å². The number of carbonyl (C=O) groups excluding carboxylic acids is 1. The highest BCUT2D eigenvalue weighted by molar-refractivity contribution is 7.71. The van der Waals surface area contributed by atoms with Crippen LogP contribution in [0, 0.1) is 11.8 Å². The predicted octanol–water partition coefficient (Wildman–Crippen LogP) is 3.74. The Morgan fingerprint density at radius 2 is 2.04 bits per heavy atom. The van der Waals surface area contributed by atoms with Crippen molar-refractivity contribution in [3.8, 4) is 11.5 Å². The van der Waals surface area contributed by atoms with E-state index in [0.717, 1.165) is 5.56 Å². The first-order chi connectivity index (χ1) is 13.0. The summed E-state index contributed by atoms with van der Waals surface area (Å²) < 4.78 is 17.5. The van der Waals surface area contributed by atoms with Gasteiger partial charge >= 0.3 is 0 Å². The number of hydrogen-bond acceptors (Lipinski definition) is 6. The van der Waals surface area contributed by atoms with Gasteiger partial charge in [0.05, 0.1) is 12.8 Å². The number of aryl methyl sites for hydroxylation is 1. The molecular formula is C19H19N3O4S. The van der Waals surface area contributed by atoms with Gasteiger partial charge in [-0.2, -0.15) is 0 Å². The van der Waals surface area contributed by atoms with Crippen molar-refractivity contribution in [2.45, 2.75) is 20.1 Å². The number of anilines is 1. The zero-order valence-corrected chi connectivity index (χ0v) is 15.8. The van der Waals surface area contributed by atoms with E-state index in [2.05, 4.69) is 10.4 Å². The fourth-order valence-electron chi connectivity index (χ4n) is 2.41. The quantitative estimate of drug-likeness (QED) is 0.624. The van der Waals surface area contributed by atoms with Gasteiger partial charge in [-0.25, -0.2) is 4.68 Å². The van der Waals surface area contributed by atoms with Gasteiger partial charge in [0, 0.05) is 0 Å². The molecule has 1 amide bonds. The molecule has 0 aliphatic heterocycles. The Morgan fingerprint density at radius 3 is 2.78 bits per heavy atom.